The Bertz CT molecular complexity index is 1970. The number of hydrogen-bond acceptors (Lipinski definition) is 0. The second kappa shape index (κ2) is 16.5. The summed E-state index contributed by atoms with van der Waals surface area (Å²) in [7, 11) is 0. The van der Waals surface area contributed by atoms with Gasteiger partial charge in [0.2, 0.25) is 0 Å². The fourth-order valence-electron chi connectivity index (χ4n) is 7.73. The van der Waals surface area contributed by atoms with E-state index >= 15 is 0 Å². The fourth-order valence-corrected chi connectivity index (χ4v) is 23.2. The molecule has 0 aromatic heterocycles. The molecule has 0 N–H and O–H groups in total. The molecule has 8 aromatic rings. The second-order valence-corrected chi connectivity index (χ2v) is 31.5. The fraction of sp³-hybridized carbons (Fsp3) is 0.0400. The normalized spacial score (nSPS) is 12.9. The van der Waals surface area contributed by atoms with Gasteiger partial charge in [-0.25, -0.2) is 0 Å². The molecule has 0 bridgehead atoms. The van der Waals surface area contributed by atoms with Crippen molar-refractivity contribution < 1.29 is 0 Å². The molecule has 0 nitrogen and oxygen atoms in total. The minimum absolute atomic E-state index is 0.935. The third kappa shape index (κ3) is 7.22. The van der Waals surface area contributed by atoms with Gasteiger partial charge in [0.15, 0.2) is 0 Å². The predicted octanol–water partition coefficient (Wildman–Crippen LogP) is 12.1. The van der Waals surface area contributed by atoms with E-state index in [0.29, 0.717) is 0 Å². The van der Waals surface area contributed by atoms with Gasteiger partial charge in [0.1, 0.15) is 0 Å². The molecule has 8 rings (SSSR count). The van der Waals surface area contributed by atoms with Gasteiger partial charge in [0.25, 0.3) is 0 Å². The van der Waals surface area contributed by atoms with E-state index in [1.165, 1.54) is 43.0 Å². The van der Waals surface area contributed by atoms with Crippen molar-refractivity contribution in [1.82, 2.24) is 0 Å². The van der Waals surface area contributed by atoms with Gasteiger partial charge >= 0.3 is 340 Å². The van der Waals surface area contributed by atoms with E-state index in [2.05, 4.69) is 274 Å². The van der Waals surface area contributed by atoms with Crippen LogP contribution in [-0.4, -0.2) is 0 Å². The van der Waals surface area contributed by atoms with E-state index in [0.717, 1.165) is 12.3 Å². The van der Waals surface area contributed by atoms with Crippen LogP contribution in [0.4, 0.5) is 0 Å². The molecule has 0 aliphatic heterocycles. The zero-order valence-electron chi connectivity index (χ0n) is 30.2. The van der Waals surface area contributed by atoms with Gasteiger partial charge in [0, 0.05) is 0 Å². The molecule has 0 saturated heterocycles. The molecule has 0 radical (unpaired) electrons. The maximum absolute atomic E-state index is 4.48. The number of hydrogen-bond donors (Lipinski definition) is 0. The van der Waals surface area contributed by atoms with Gasteiger partial charge in [-0.15, -0.1) is 0 Å². The summed E-state index contributed by atoms with van der Waals surface area (Å²) in [5.74, 6) is 0. The third-order valence-corrected chi connectivity index (χ3v) is 29.5. The Hall–Kier alpha value is -4.42. The molecule has 0 atom stereocenters. The van der Waals surface area contributed by atoms with Crippen LogP contribution in [0, 0.1) is 0 Å². The molecule has 0 heterocycles. The summed E-state index contributed by atoms with van der Waals surface area (Å²) in [5, 5.41) is 2.38. The van der Waals surface area contributed by atoms with Crippen LogP contribution in [0.2, 0.25) is 0 Å². The van der Waals surface area contributed by atoms with Crippen LogP contribution in [-0.2, 0) is 12.3 Å². The van der Waals surface area contributed by atoms with Gasteiger partial charge in [-0.05, 0) is 0 Å². The molecule has 0 fully saturated rings. The standard InChI is InChI=1S/2C25H22BrP/c2*26-27(23-15-7-2-8-16-23,24-17-9-3-10-18-24,25-19-11-4-12-20-25)21-22-13-5-1-6-14-22/h2*1-20H,21H2. The Kier molecular flexibility index (Phi) is 11.6. The molecule has 0 unspecified atom stereocenters. The first-order valence-electron chi connectivity index (χ1n) is 18.3. The SMILES string of the molecule is BrP(Cc1ccccc1)(c1ccccc1)(c1ccccc1)c1ccccc1.BrP(Cc1ccccc1)(c1ccccc1)(c1ccccc1)c1ccccc1. The first-order chi connectivity index (χ1) is 26.4. The second-order valence-electron chi connectivity index (χ2n) is 13.7. The van der Waals surface area contributed by atoms with E-state index in [1.54, 1.807) is 0 Å². The molecule has 0 aliphatic carbocycles. The van der Waals surface area contributed by atoms with Crippen molar-refractivity contribution in [3.8, 4) is 0 Å². The Balaban J connectivity index is 0.000000167. The van der Waals surface area contributed by atoms with Crippen molar-refractivity contribution in [2.75, 3.05) is 0 Å². The Morgan fingerprint density at radius 3 is 0.537 bits per heavy atom. The van der Waals surface area contributed by atoms with Crippen LogP contribution in [0.5, 0.6) is 0 Å². The molecule has 0 spiro atoms. The third-order valence-electron chi connectivity index (χ3n) is 10.4. The van der Waals surface area contributed by atoms with E-state index in [9.17, 15) is 0 Å². The Morgan fingerprint density at radius 2 is 0.370 bits per heavy atom. The zero-order chi connectivity index (χ0) is 37.2. The molecular formula is C50H44Br2P2. The molecule has 0 aliphatic rings. The molecule has 8 aromatic carbocycles. The average Bonchev–Trinajstić information content (AvgIpc) is 3.26. The van der Waals surface area contributed by atoms with Gasteiger partial charge in [-0.3, -0.25) is 0 Å². The van der Waals surface area contributed by atoms with E-state index in [1.807, 2.05) is 0 Å². The van der Waals surface area contributed by atoms with Crippen LogP contribution in [0.1, 0.15) is 11.1 Å². The Labute approximate surface area is 337 Å². The molecule has 0 saturated carbocycles. The maximum atomic E-state index is 4.48. The summed E-state index contributed by atoms with van der Waals surface area (Å²) in [5.41, 5.74) is 2.67. The minimum atomic E-state index is -2.87. The summed E-state index contributed by atoms with van der Waals surface area (Å²) in [6.45, 7) is 0. The van der Waals surface area contributed by atoms with Gasteiger partial charge < -0.3 is 0 Å². The van der Waals surface area contributed by atoms with Crippen LogP contribution in [0.3, 0.4) is 0 Å². The van der Waals surface area contributed by atoms with Crippen LogP contribution in [0.15, 0.2) is 243 Å². The molecule has 268 valence electrons. The quantitative estimate of drug-likeness (QED) is 0.120. The topological polar surface area (TPSA) is 0 Å². The number of benzene rings is 8. The average molecular weight is 867 g/mol. The van der Waals surface area contributed by atoms with E-state index in [-0.39, 0.29) is 0 Å². The molecule has 0 amide bonds. The van der Waals surface area contributed by atoms with Crippen molar-refractivity contribution in [3.63, 3.8) is 0 Å². The van der Waals surface area contributed by atoms with Gasteiger partial charge in [0.05, 0.1) is 0 Å². The van der Waals surface area contributed by atoms with E-state index in [4.69, 9.17) is 0 Å². The van der Waals surface area contributed by atoms with Crippen molar-refractivity contribution in [2.24, 2.45) is 0 Å². The van der Waals surface area contributed by atoms with Gasteiger partial charge in [-0.2, -0.15) is 0 Å². The summed E-state index contributed by atoms with van der Waals surface area (Å²) in [6.07, 6.45) is 1.87. The monoisotopic (exact) mass is 864 g/mol. The molecular weight excluding hydrogens is 822 g/mol. The summed E-state index contributed by atoms with van der Waals surface area (Å²) >= 11 is 8.97. The summed E-state index contributed by atoms with van der Waals surface area (Å²) in [4.78, 5) is 0. The first kappa shape index (κ1) is 37.9. The number of rotatable bonds is 10. The van der Waals surface area contributed by atoms with Crippen LogP contribution >= 0.6 is 41.6 Å². The van der Waals surface area contributed by atoms with Crippen LogP contribution in [0.25, 0.3) is 0 Å². The first-order valence-corrected chi connectivity index (χ1v) is 27.2. The Morgan fingerprint density at radius 1 is 0.222 bits per heavy atom. The predicted molar refractivity (Wildman–Crippen MR) is 248 cm³/mol. The van der Waals surface area contributed by atoms with Crippen molar-refractivity contribution in [1.29, 1.82) is 0 Å². The summed E-state index contributed by atoms with van der Waals surface area (Å²) < 4.78 is 0. The van der Waals surface area contributed by atoms with Crippen LogP contribution < -0.4 is 31.8 Å². The zero-order valence-corrected chi connectivity index (χ0v) is 35.1. The summed E-state index contributed by atoms with van der Waals surface area (Å²) in [6, 6.07) is 87.2. The molecule has 54 heavy (non-hydrogen) atoms. The van der Waals surface area contributed by atoms with Gasteiger partial charge in [-0.1, -0.05) is 0 Å². The van der Waals surface area contributed by atoms with E-state index < -0.39 is 10.6 Å². The van der Waals surface area contributed by atoms with Crippen molar-refractivity contribution in [3.05, 3.63) is 254 Å². The number of halogens is 2. The van der Waals surface area contributed by atoms with Crippen molar-refractivity contribution in [2.45, 2.75) is 12.3 Å². The van der Waals surface area contributed by atoms with Crippen molar-refractivity contribution >= 4 is 73.4 Å². The molecule has 4 heteroatoms.